The van der Waals surface area contributed by atoms with Gasteiger partial charge in [0, 0.05) is 18.2 Å². The summed E-state index contributed by atoms with van der Waals surface area (Å²) in [6.45, 7) is 3.23. The van der Waals surface area contributed by atoms with E-state index in [4.69, 9.17) is 9.47 Å². The molecule has 0 radical (unpaired) electrons. The number of benzene rings is 2. The van der Waals surface area contributed by atoms with Crippen molar-refractivity contribution < 1.29 is 19.1 Å². The number of methoxy groups -OCH3 is 2. The van der Waals surface area contributed by atoms with Gasteiger partial charge < -0.3 is 14.8 Å². The van der Waals surface area contributed by atoms with Crippen LogP contribution in [0.25, 0.3) is 0 Å². The van der Waals surface area contributed by atoms with Gasteiger partial charge in [-0.1, -0.05) is 12.1 Å². The molecule has 7 nitrogen and oxygen atoms in total. The summed E-state index contributed by atoms with van der Waals surface area (Å²) in [7, 11) is 3.04. The van der Waals surface area contributed by atoms with Crippen LogP contribution < -0.4 is 20.2 Å². The monoisotopic (exact) mass is 355 g/mol. The lowest BCUT2D eigenvalue weighted by Crippen LogP contribution is -2.19. The average Bonchev–Trinajstić information content (AvgIpc) is 2.65. The molecule has 2 aromatic rings. The van der Waals surface area contributed by atoms with Gasteiger partial charge in [-0.05, 0) is 42.8 Å². The number of hydrogen-bond acceptors (Lipinski definition) is 5. The Balaban J connectivity index is 2.08. The van der Waals surface area contributed by atoms with E-state index in [1.807, 2.05) is 12.1 Å². The Morgan fingerprint density at radius 1 is 0.885 bits per heavy atom. The molecule has 0 atom stereocenters. The van der Waals surface area contributed by atoms with E-state index in [1.54, 1.807) is 37.3 Å². The number of anilines is 1. The van der Waals surface area contributed by atoms with Crippen LogP contribution in [0.1, 0.15) is 29.8 Å². The van der Waals surface area contributed by atoms with Crippen molar-refractivity contribution in [2.45, 2.75) is 13.8 Å². The number of carbonyl (C=O) groups is 2. The zero-order valence-electron chi connectivity index (χ0n) is 15.1. The molecule has 7 heteroatoms. The van der Waals surface area contributed by atoms with E-state index in [9.17, 15) is 9.59 Å². The van der Waals surface area contributed by atoms with Gasteiger partial charge in [0.05, 0.1) is 19.9 Å². The summed E-state index contributed by atoms with van der Waals surface area (Å²) >= 11 is 0. The second-order valence-electron chi connectivity index (χ2n) is 5.47. The van der Waals surface area contributed by atoms with Crippen LogP contribution in [0.4, 0.5) is 5.69 Å². The first-order valence-electron chi connectivity index (χ1n) is 7.89. The fraction of sp³-hybridized carbons (Fsp3) is 0.211. The minimum atomic E-state index is -0.361. The van der Waals surface area contributed by atoms with Crippen molar-refractivity contribution in [3.63, 3.8) is 0 Å². The quantitative estimate of drug-likeness (QED) is 0.616. The molecule has 0 unspecified atom stereocenters. The number of amides is 2. The van der Waals surface area contributed by atoms with E-state index < -0.39 is 0 Å². The van der Waals surface area contributed by atoms with Crippen molar-refractivity contribution in [2.75, 3.05) is 19.5 Å². The van der Waals surface area contributed by atoms with Crippen LogP contribution >= 0.6 is 0 Å². The molecule has 0 aliphatic heterocycles. The van der Waals surface area contributed by atoms with Crippen LogP contribution in [0.15, 0.2) is 47.6 Å². The second-order valence-corrected chi connectivity index (χ2v) is 5.47. The van der Waals surface area contributed by atoms with E-state index >= 15 is 0 Å². The molecule has 0 aliphatic rings. The number of carbonyl (C=O) groups excluding carboxylic acids is 2. The molecule has 2 aromatic carbocycles. The lowest BCUT2D eigenvalue weighted by molar-refractivity contribution is -0.114. The third-order valence-electron chi connectivity index (χ3n) is 3.59. The summed E-state index contributed by atoms with van der Waals surface area (Å²) in [6, 6.07) is 12.0. The van der Waals surface area contributed by atoms with Gasteiger partial charge in [-0.15, -0.1) is 0 Å². The van der Waals surface area contributed by atoms with Gasteiger partial charge in [-0.25, -0.2) is 5.43 Å². The lowest BCUT2D eigenvalue weighted by Gasteiger charge is -2.09. The van der Waals surface area contributed by atoms with E-state index in [2.05, 4.69) is 15.8 Å². The van der Waals surface area contributed by atoms with Gasteiger partial charge in [0.1, 0.15) is 0 Å². The molecule has 2 N–H and O–H groups in total. The Morgan fingerprint density at radius 3 is 2.08 bits per heavy atom. The molecule has 0 aliphatic carbocycles. The van der Waals surface area contributed by atoms with E-state index in [1.165, 1.54) is 21.1 Å². The molecule has 26 heavy (non-hydrogen) atoms. The van der Waals surface area contributed by atoms with Gasteiger partial charge in [-0.3, -0.25) is 9.59 Å². The van der Waals surface area contributed by atoms with Crippen molar-refractivity contribution in [2.24, 2.45) is 5.10 Å². The Morgan fingerprint density at radius 2 is 1.50 bits per heavy atom. The van der Waals surface area contributed by atoms with Gasteiger partial charge in [0.2, 0.25) is 5.91 Å². The number of hydrazone groups is 1. The Bertz CT molecular complexity index is 829. The predicted octanol–water partition coefficient (Wildman–Crippen LogP) is 2.82. The first-order valence-corrected chi connectivity index (χ1v) is 7.89. The topological polar surface area (TPSA) is 89.0 Å². The van der Waals surface area contributed by atoms with Crippen molar-refractivity contribution in [3.8, 4) is 11.5 Å². The second kappa shape index (κ2) is 8.66. The summed E-state index contributed by atoms with van der Waals surface area (Å²) in [4.78, 5) is 23.3. The highest BCUT2D eigenvalue weighted by molar-refractivity contribution is 6.01. The molecular weight excluding hydrogens is 334 g/mol. The summed E-state index contributed by atoms with van der Waals surface area (Å²) < 4.78 is 10.3. The SMILES string of the molecule is COc1ccc(C(=O)NN=C(C)c2ccc(NC(C)=O)cc2)cc1OC. The predicted molar refractivity (Wildman–Crippen MR) is 100.0 cm³/mol. The number of nitrogens with one attached hydrogen (secondary N) is 2. The molecule has 0 fully saturated rings. The highest BCUT2D eigenvalue weighted by atomic mass is 16.5. The number of rotatable bonds is 6. The van der Waals surface area contributed by atoms with Crippen LogP contribution in [-0.2, 0) is 4.79 Å². The molecule has 0 saturated carbocycles. The maximum atomic E-state index is 12.3. The molecule has 0 aromatic heterocycles. The van der Waals surface area contributed by atoms with E-state index in [-0.39, 0.29) is 11.8 Å². The summed E-state index contributed by atoms with van der Waals surface area (Å²) in [5.41, 5.74) is 5.07. The number of hydrogen-bond donors (Lipinski definition) is 2. The van der Waals surface area contributed by atoms with Crippen LogP contribution in [0.3, 0.4) is 0 Å². The highest BCUT2D eigenvalue weighted by Gasteiger charge is 2.10. The van der Waals surface area contributed by atoms with Crippen LogP contribution in [0, 0.1) is 0 Å². The standard InChI is InChI=1S/C19H21N3O4/c1-12(14-5-8-16(9-6-14)20-13(2)23)21-22-19(24)15-7-10-17(25-3)18(11-15)26-4/h5-11H,1-4H3,(H,20,23)(H,22,24). The molecule has 0 saturated heterocycles. The van der Waals surface area contributed by atoms with Crippen molar-refractivity contribution in [3.05, 3.63) is 53.6 Å². The number of nitrogens with zero attached hydrogens (tertiary/aromatic N) is 1. The first kappa shape index (κ1) is 19.0. The van der Waals surface area contributed by atoms with Crippen LogP contribution in [0.2, 0.25) is 0 Å². The molecular formula is C19H21N3O4. The molecule has 2 rings (SSSR count). The van der Waals surface area contributed by atoms with E-state index in [0.29, 0.717) is 28.5 Å². The fourth-order valence-electron chi connectivity index (χ4n) is 2.24. The molecule has 2 amide bonds. The molecule has 0 bridgehead atoms. The smallest absolute Gasteiger partial charge is 0.271 e. The average molecular weight is 355 g/mol. The van der Waals surface area contributed by atoms with Crippen molar-refractivity contribution >= 4 is 23.2 Å². The summed E-state index contributed by atoms with van der Waals surface area (Å²) in [6.07, 6.45) is 0. The minimum Gasteiger partial charge on any atom is -0.493 e. The molecule has 0 heterocycles. The minimum absolute atomic E-state index is 0.134. The third-order valence-corrected chi connectivity index (χ3v) is 3.59. The van der Waals surface area contributed by atoms with Gasteiger partial charge >= 0.3 is 0 Å². The van der Waals surface area contributed by atoms with Crippen LogP contribution in [0.5, 0.6) is 11.5 Å². The maximum absolute atomic E-state index is 12.3. The largest absolute Gasteiger partial charge is 0.493 e. The maximum Gasteiger partial charge on any atom is 0.271 e. The van der Waals surface area contributed by atoms with Gasteiger partial charge in [0.25, 0.3) is 5.91 Å². The summed E-state index contributed by atoms with van der Waals surface area (Å²) in [5.74, 6) is 0.517. The van der Waals surface area contributed by atoms with Crippen molar-refractivity contribution in [1.29, 1.82) is 0 Å². The van der Waals surface area contributed by atoms with Crippen LogP contribution in [-0.4, -0.2) is 31.7 Å². The first-order chi connectivity index (χ1) is 12.4. The number of ether oxygens (including phenoxy) is 2. The zero-order valence-corrected chi connectivity index (χ0v) is 15.1. The van der Waals surface area contributed by atoms with Gasteiger partial charge in [0.15, 0.2) is 11.5 Å². The molecule has 136 valence electrons. The summed E-state index contributed by atoms with van der Waals surface area (Å²) in [5, 5.41) is 6.81. The third kappa shape index (κ3) is 4.83. The Labute approximate surface area is 152 Å². The normalized spacial score (nSPS) is 10.8. The lowest BCUT2D eigenvalue weighted by atomic mass is 10.1. The van der Waals surface area contributed by atoms with Crippen molar-refractivity contribution in [1.82, 2.24) is 5.43 Å². The Hall–Kier alpha value is -3.35. The van der Waals surface area contributed by atoms with E-state index in [0.717, 1.165) is 5.56 Å². The highest BCUT2D eigenvalue weighted by Crippen LogP contribution is 2.27. The van der Waals surface area contributed by atoms with Gasteiger partial charge in [-0.2, -0.15) is 5.10 Å². The Kier molecular flexibility index (Phi) is 6.32. The molecule has 0 spiro atoms. The fourth-order valence-corrected chi connectivity index (χ4v) is 2.24. The zero-order chi connectivity index (χ0) is 19.1.